The number of carbonyl (C=O) groups is 2. The van der Waals surface area contributed by atoms with Gasteiger partial charge < -0.3 is 15.5 Å². The number of para-hydroxylation sites is 1. The predicted molar refractivity (Wildman–Crippen MR) is 117 cm³/mol. The van der Waals surface area contributed by atoms with E-state index in [9.17, 15) is 9.59 Å². The largest absolute Gasteiger partial charge is 0.322 e. The summed E-state index contributed by atoms with van der Waals surface area (Å²) in [5.74, 6) is -0.313. The Balaban J connectivity index is 1.55. The molecular formula is C23H23ClN3O2+. The van der Waals surface area contributed by atoms with Crippen molar-refractivity contribution in [3.05, 3.63) is 83.9 Å². The van der Waals surface area contributed by atoms with Crippen LogP contribution < -0.4 is 15.5 Å². The van der Waals surface area contributed by atoms with E-state index in [4.69, 9.17) is 11.6 Å². The van der Waals surface area contributed by atoms with Crippen molar-refractivity contribution in [1.82, 2.24) is 0 Å². The van der Waals surface area contributed by atoms with Gasteiger partial charge in [0.1, 0.15) is 0 Å². The molecule has 1 atom stereocenters. The molecule has 2 amide bonds. The second-order valence-electron chi connectivity index (χ2n) is 6.83. The lowest BCUT2D eigenvalue weighted by molar-refractivity contribution is -0.862. The molecule has 0 saturated heterocycles. The van der Waals surface area contributed by atoms with Gasteiger partial charge in [-0.2, -0.15) is 0 Å². The summed E-state index contributed by atoms with van der Waals surface area (Å²) in [5.41, 5.74) is 3.42. The molecule has 0 aliphatic heterocycles. The molecule has 0 aromatic heterocycles. The van der Waals surface area contributed by atoms with Crippen LogP contribution in [0.5, 0.6) is 0 Å². The lowest BCUT2D eigenvalue weighted by Crippen LogP contribution is -3.11. The van der Waals surface area contributed by atoms with Crippen molar-refractivity contribution < 1.29 is 14.5 Å². The summed E-state index contributed by atoms with van der Waals surface area (Å²) in [6.07, 6.45) is 0. The lowest BCUT2D eigenvalue weighted by atomic mass is 10.0. The highest BCUT2D eigenvalue weighted by Crippen LogP contribution is 2.27. The fourth-order valence-corrected chi connectivity index (χ4v) is 3.13. The highest BCUT2D eigenvalue weighted by atomic mass is 35.5. The fourth-order valence-electron chi connectivity index (χ4n) is 3.01. The summed E-state index contributed by atoms with van der Waals surface area (Å²) in [4.78, 5) is 25.5. The molecule has 3 rings (SSSR count). The van der Waals surface area contributed by atoms with Crippen molar-refractivity contribution >= 4 is 34.8 Å². The van der Waals surface area contributed by atoms with E-state index in [-0.39, 0.29) is 24.9 Å². The Morgan fingerprint density at radius 1 is 0.793 bits per heavy atom. The van der Waals surface area contributed by atoms with Crippen LogP contribution in [0.3, 0.4) is 0 Å². The first-order chi connectivity index (χ1) is 14.0. The first kappa shape index (κ1) is 20.6. The van der Waals surface area contributed by atoms with E-state index in [1.54, 1.807) is 24.3 Å². The van der Waals surface area contributed by atoms with Gasteiger partial charge in [0.15, 0.2) is 13.1 Å². The van der Waals surface area contributed by atoms with Crippen LogP contribution in [-0.4, -0.2) is 32.0 Å². The van der Waals surface area contributed by atoms with E-state index < -0.39 is 0 Å². The van der Waals surface area contributed by atoms with Gasteiger partial charge in [0.2, 0.25) is 0 Å². The molecule has 0 aliphatic carbocycles. The van der Waals surface area contributed by atoms with Crippen molar-refractivity contribution in [2.75, 3.05) is 30.8 Å². The van der Waals surface area contributed by atoms with Crippen LogP contribution in [0, 0.1) is 0 Å². The van der Waals surface area contributed by atoms with E-state index in [1.807, 2.05) is 61.6 Å². The molecule has 0 heterocycles. The second-order valence-corrected chi connectivity index (χ2v) is 7.26. The van der Waals surface area contributed by atoms with Crippen LogP contribution in [0.25, 0.3) is 11.1 Å². The third kappa shape index (κ3) is 6.17. The average molecular weight is 409 g/mol. The summed E-state index contributed by atoms with van der Waals surface area (Å²) in [5, 5.41) is 6.38. The van der Waals surface area contributed by atoms with Gasteiger partial charge in [-0.3, -0.25) is 9.59 Å². The normalized spacial score (nSPS) is 11.5. The second kappa shape index (κ2) is 9.87. The van der Waals surface area contributed by atoms with Gasteiger partial charge in [-0.1, -0.05) is 60.1 Å². The van der Waals surface area contributed by atoms with Gasteiger partial charge in [0.25, 0.3) is 11.8 Å². The fraction of sp³-hybridized carbons (Fsp3) is 0.130. The molecule has 1 unspecified atom stereocenters. The standard InChI is InChI=1S/C23H22ClN3O2/c1-27(15-22(28)25-19-13-11-18(24)12-14-19)16-23(29)26-21-10-6-5-9-20(21)17-7-3-2-4-8-17/h2-14H,15-16H2,1H3,(H,25,28)(H,26,29)/p+1. The Hall–Kier alpha value is -3.15. The maximum Gasteiger partial charge on any atom is 0.279 e. The maximum atomic E-state index is 12.5. The monoisotopic (exact) mass is 408 g/mol. The molecule has 3 aromatic rings. The number of benzene rings is 3. The van der Waals surface area contributed by atoms with Crippen LogP contribution in [0.2, 0.25) is 5.02 Å². The first-order valence-corrected chi connectivity index (χ1v) is 9.70. The van der Waals surface area contributed by atoms with E-state index in [2.05, 4.69) is 10.6 Å². The first-order valence-electron chi connectivity index (χ1n) is 9.32. The smallest absolute Gasteiger partial charge is 0.279 e. The van der Waals surface area contributed by atoms with Gasteiger partial charge in [-0.05, 0) is 35.9 Å². The quantitative estimate of drug-likeness (QED) is 0.562. The molecule has 0 bridgehead atoms. The van der Waals surface area contributed by atoms with Crippen molar-refractivity contribution in [1.29, 1.82) is 0 Å². The van der Waals surface area contributed by atoms with E-state index in [0.29, 0.717) is 10.7 Å². The number of carbonyl (C=O) groups excluding carboxylic acids is 2. The number of halogens is 1. The SMILES string of the molecule is C[NH+](CC(=O)Nc1ccc(Cl)cc1)CC(=O)Nc1ccccc1-c1ccccc1. The molecule has 0 fully saturated rings. The molecule has 0 radical (unpaired) electrons. The van der Waals surface area contributed by atoms with Gasteiger partial charge in [0.05, 0.1) is 7.05 Å². The molecule has 5 nitrogen and oxygen atoms in total. The molecule has 0 aliphatic rings. The Morgan fingerprint density at radius 3 is 2.07 bits per heavy atom. The zero-order valence-electron chi connectivity index (χ0n) is 16.1. The van der Waals surface area contributed by atoms with Crippen molar-refractivity contribution in [3.8, 4) is 11.1 Å². The van der Waals surface area contributed by atoms with Crippen LogP contribution >= 0.6 is 11.6 Å². The highest BCUT2D eigenvalue weighted by molar-refractivity contribution is 6.30. The number of hydrogen-bond acceptors (Lipinski definition) is 2. The number of quaternary nitrogens is 1. The molecule has 29 heavy (non-hydrogen) atoms. The summed E-state index contributed by atoms with van der Waals surface area (Å²) < 4.78 is 0. The number of rotatable bonds is 7. The number of anilines is 2. The zero-order chi connectivity index (χ0) is 20.6. The maximum absolute atomic E-state index is 12.5. The molecule has 0 spiro atoms. The summed E-state index contributed by atoms with van der Waals surface area (Å²) in [6, 6.07) is 24.5. The highest BCUT2D eigenvalue weighted by Gasteiger charge is 2.16. The molecule has 0 saturated carbocycles. The third-order valence-corrected chi connectivity index (χ3v) is 4.59. The van der Waals surface area contributed by atoms with Crippen LogP contribution in [0.1, 0.15) is 0 Å². The zero-order valence-corrected chi connectivity index (χ0v) is 16.9. The Morgan fingerprint density at radius 2 is 1.38 bits per heavy atom. The van der Waals surface area contributed by atoms with Gasteiger partial charge in [-0.15, -0.1) is 0 Å². The Bertz CT molecular complexity index is 975. The van der Waals surface area contributed by atoms with Crippen LogP contribution in [0.4, 0.5) is 11.4 Å². The Kier molecular flexibility index (Phi) is 7.00. The van der Waals surface area contributed by atoms with Crippen molar-refractivity contribution in [2.45, 2.75) is 0 Å². The molecule has 148 valence electrons. The van der Waals surface area contributed by atoms with Gasteiger partial charge in [0, 0.05) is 22.0 Å². The summed E-state index contributed by atoms with van der Waals surface area (Å²) in [7, 11) is 1.81. The number of hydrogen-bond donors (Lipinski definition) is 3. The van der Waals surface area contributed by atoms with Crippen LogP contribution in [-0.2, 0) is 9.59 Å². The topological polar surface area (TPSA) is 62.6 Å². The Labute approximate surface area is 175 Å². The van der Waals surface area contributed by atoms with Crippen molar-refractivity contribution in [3.63, 3.8) is 0 Å². The van der Waals surface area contributed by atoms with Gasteiger partial charge in [-0.25, -0.2) is 0 Å². The van der Waals surface area contributed by atoms with E-state index in [1.165, 1.54) is 0 Å². The van der Waals surface area contributed by atoms with E-state index >= 15 is 0 Å². The van der Waals surface area contributed by atoms with Crippen molar-refractivity contribution in [2.24, 2.45) is 0 Å². The van der Waals surface area contributed by atoms with Gasteiger partial charge >= 0.3 is 0 Å². The van der Waals surface area contributed by atoms with Crippen LogP contribution in [0.15, 0.2) is 78.9 Å². The minimum absolute atomic E-state index is 0.148. The number of likely N-dealkylation sites (N-methyl/N-ethyl adjacent to an activating group) is 1. The summed E-state index contributed by atoms with van der Waals surface area (Å²) in [6.45, 7) is 0.355. The third-order valence-electron chi connectivity index (χ3n) is 4.34. The average Bonchev–Trinajstić information content (AvgIpc) is 2.70. The molecule has 3 aromatic carbocycles. The molecular weight excluding hydrogens is 386 g/mol. The summed E-state index contributed by atoms with van der Waals surface area (Å²) >= 11 is 5.85. The molecule has 3 N–H and O–H groups in total. The number of amides is 2. The minimum atomic E-state index is -0.165. The van der Waals surface area contributed by atoms with E-state index in [0.717, 1.165) is 21.7 Å². The molecule has 6 heteroatoms. The predicted octanol–water partition coefficient (Wildman–Crippen LogP) is 3.10. The minimum Gasteiger partial charge on any atom is -0.322 e. The lowest BCUT2D eigenvalue weighted by Gasteiger charge is -2.15. The number of nitrogens with one attached hydrogen (secondary N) is 3.